The van der Waals surface area contributed by atoms with Crippen molar-refractivity contribution < 1.29 is 23.9 Å². The van der Waals surface area contributed by atoms with Gasteiger partial charge in [-0.05, 0) is 72.8 Å². The maximum Gasteiger partial charge on any atom is 0.343 e. The molecule has 0 saturated carbocycles. The fourth-order valence-electron chi connectivity index (χ4n) is 2.34. The highest BCUT2D eigenvalue weighted by Crippen LogP contribution is 2.17. The van der Waals surface area contributed by atoms with Crippen molar-refractivity contribution in [2.45, 2.75) is 0 Å². The van der Waals surface area contributed by atoms with Crippen LogP contribution in [0.1, 0.15) is 31.1 Å². The number of carbonyl (C=O) groups excluding carboxylic acids is 3. The molecule has 0 N–H and O–H groups in total. The molecular weight excluding hydrogens is 504 g/mol. The predicted octanol–water partition coefficient (Wildman–Crippen LogP) is 5.47. The molecule has 0 radical (unpaired) electrons. The fourth-order valence-corrected chi connectivity index (χ4v) is 2.87. The molecule has 0 aliphatic carbocycles. The van der Waals surface area contributed by atoms with E-state index in [-0.39, 0.29) is 12.4 Å². The summed E-state index contributed by atoms with van der Waals surface area (Å²) >= 11 is 6.59. The molecule has 146 valence electrons. The summed E-state index contributed by atoms with van der Waals surface area (Å²) in [7, 11) is 0. The molecule has 0 amide bonds. The molecule has 0 aromatic heterocycles. The van der Waals surface area contributed by atoms with Crippen molar-refractivity contribution >= 4 is 49.6 Å². The predicted molar refractivity (Wildman–Crippen MR) is 114 cm³/mol. The summed E-state index contributed by atoms with van der Waals surface area (Å²) in [5.74, 6) is -1.13. The highest BCUT2D eigenvalue weighted by atomic mass is 79.9. The molecule has 3 rings (SSSR count). The zero-order valence-corrected chi connectivity index (χ0v) is 18.1. The Morgan fingerprint density at radius 3 is 1.59 bits per heavy atom. The van der Waals surface area contributed by atoms with Crippen LogP contribution in [0.25, 0.3) is 0 Å². The van der Waals surface area contributed by atoms with Crippen LogP contribution in [0.3, 0.4) is 0 Å². The summed E-state index contributed by atoms with van der Waals surface area (Å²) < 4.78 is 12.0. The van der Waals surface area contributed by atoms with E-state index in [1.165, 1.54) is 24.3 Å². The number of halogens is 2. The third-order valence-electron chi connectivity index (χ3n) is 3.88. The first kappa shape index (κ1) is 21.0. The van der Waals surface area contributed by atoms with Crippen LogP contribution in [0.4, 0.5) is 0 Å². The van der Waals surface area contributed by atoms with E-state index in [1.807, 2.05) is 0 Å². The van der Waals surface area contributed by atoms with E-state index in [0.717, 1.165) is 8.95 Å². The Morgan fingerprint density at radius 2 is 1.07 bits per heavy atom. The molecule has 0 fully saturated rings. The van der Waals surface area contributed by atoms with E-state index in [1.54, 1.807) is 48.5 Å². The van der Waals surface area contributed by atoms with Gasteiger partial charge in [0.1, 0.15) is 5.75 Å². The van der Waals surface area contributed by atoms with Crippen LogP contribution in [-0.2, 0) is 4.74 Å². The first-order chi connectivity index (χ1) is 13.9. The number of carbonyl (C=O) groups is 3. The lowest BCUT2D eigenvalue weighted by Gasteiger charge is -2.07. The van der Waals surface area contributed by atoms with Crippen molar-refractivity contribution in [1.29, 1.82) is 0 Å². The van der Waals surface area contributed by atoms with E-state index >= 15 is 0 Å². The van der Waals surface area contributed by atoms with Gasteiger partial charge in [-0.1, -0.05) is 31.9 Å². The fraction of sp³-hybridized carbons (Fsp3) is 0.0455. The monoisotopic (exact) mass is 516 g/mol. The second-order valence-corrected chi connectivity index (χ2v) is 7.76. The third kappa shape index (κ3) is 5.85. The molecule has 0 aliphatic heterocycles. The normalized spacial score (nSPS) is 10.3. The van der Waals surface area contributed by atoms with Gasteiger partial charge >= 0.3 is 11.9 Å². The van der Waals surface area contributed by atoms with Gasteiger partial charge in [-0.15, -0.1) is 0 Å². The van der Waals surface area contributed by atoms with E-state index in [9.17, 15) is 14.4 Å². The average Bonchev–Trinajstić information content (AvgIpc) is 2.73. The molecule has 7 heteroatoms. The van der Waals surface area contributed by atoms with Crippen LogP contribution < -0.4 is 4.74 Å². The van der Waals surface area contributed by atoms with Gasteiger partial charge in [0.25, 0.3) is 0 Å². The highest BCUT2D eigenvalue weighted by molar-refractivity contribution is 9.10. The van der Waals surface area contributed by atoms with Gasteiger partial charge in [0.15, 0.2) is 12.4 Å². The van der Waals surface area contributed by atoms with Crippen molar-refractivity contribution in [1.82, 2.24) is 0 Å². The van der Waals surface area contributed by atoms with Gasteiger partial charge in [-0.25, -0.2) is 9.59 Å². The van der Waals surface area contributed by atoms with Crippen LogP contribution in [0, 0.1) is 0 Å². The Labute approximate surface area is 183 Å². The number of rotatable bonds is 6. The topological polar surface area (TPSA) is 69.7 Å². The lowest BCUT2D eigenvalue weighted by Crippen LogP contribution is -2.14. The lowest BCUT2D eigenvalue weighted by atomic mass is 10.1. The van der Waals surface area contributed by atoms with Crippen molar-refractivity contribution in [3.63, 3.8) is 0 Å². The first-order valence-corrected chi connectivity index (χ1v) is 10.0. The van der Waals surface area contributed by atoms with Crippen LogP contribution in [-0.4, -0.2) is 24.3 Å². The van der Waals surface area contributed by atoms with Crippen LogP contribution in [0.2, 0.25) is 0 Å². The second kappa shape index (κ2) is 9.62. The van der Waals surface area contributed by atoms with Crippen molar-refractivity contribution in [2.75, 3.05) is 6.61 Å². The minimum Gasteiger partial charge on any atom is -0.454 e. The minimum absolute atomic E-state index is 0.307. The number of ether oxygens (including phenoxy) is 2. The summed E-state index contributed by atoms with van der Waals surface area (Å²) in [6, 6.07) is 19.5. The molecule has 0 heterocycles. The maximum atomic E-state index is 12.2. The average molecular weight is 518 g/mol. The number of Topliss-reactive ketones (excluding diaryl/α,β-unsaturated/α-hetero) is 1. The van der Waals surface area contributed by atoms with E-state index in [4.69, 9.17) is 9.47 Å². The summed E-state index contributed by atoms with van der Waals surface area (Å²) in [6.07, 6.45) is 0. The molecule has 0 atom stereocenters. The number of ketones is 1. The second-order valence-electron chi connectivity index (χ2n) is 5.93. The summed E-state index contributed by atoms with van der Waals surface area (Å²) in [6.45, 7) is -0.382. The Hall–Kier alpha value is -2.77. The molecule has 29 heavy (non-hydrogen) atoms. The van der Waals surface area contributed by atoms with Gasteiger partial charge < -0.3 is 9.47 Å². The smallest absolute Gasteiger partial charge is 0.343 e. The molecule has 0 unspecified atom stereocenters. The van der Waals surface area contributed by atoms with Gasteiger partial charge in [-0.2, -0.15) is 0 Å². The van der Waals surface area contributed by atoms with Gasteiger partial charge in [0.2, 0.25) is 0 Å². The SMILES string of the molecule is O=C(COC(=O)c1ccc(Br)cc1)c1ccc(OC(=O)c2ccc(Br)cc2)cc1. The molecule has 0 spiro atoms. The van der Waals surface area contributed by atoms with E-state index < -0.39 is 11.9 Å². The largest absolute Gasteiger partial charge is 0.454 e. The lowest BCUT2D eigenvalue weighted by molar-refractivity contribution is 0.0474. The number of benzene rings is 3. The maximum absolute atomic E-state index is 12.2. The summed E-state index contributed by atoms with van der Waals surface area (Å²) in [4.78, 5) is 36.3. The van der Waals surface area contributed by atoms with Gasteiger partial charge in [0, 0.05) is 14.5 Å². The van der Waals surface area contributed by atoms with E-state index in [2.05, 4.69) is 31.9 Å². The van der Waals surface area contributed by atoms with E-state index in [0.29, 0.717) is 22.4 Å². The molecular formula is C22H14Br2O5. The molecule has 5 nitrogen and oxygen atoms in total. The van der Waals surface area contributed by atoms with Crippen LogP contribution >= 0.6 is 31.9 Å². The Bertz CT molecular complexity index is 1030. The summed E-state index contributed by atoms with van der Waals surface area (Å²) in [5, 5.41) is 0. The molecule has 0 aliphatic rings. The van der Waals surface area contributed by atoms with Crippen molar-refractivity contribution in [3.8, 4) is 5.75 Å². The molecule has 3 aromatic carbocycles. The van der Waals surface area contributed by atoms with Crippen LogP contribution in [0.5, 0.6) is 5.75 Å². The zero-order valence-electron chi connectivity index (χ0n) is 14.9. The molecule has 3 aromatic rings. The molecule has 0 bridgehead atoms. The Morgan fingerprint density at radius 1 is 0.621 bits per heavy atom. The molecule has 0 saturated heterocycles. The Balaban J connectivity index is 1.55. The van der Waals surface area contributed by atoms with Crippen molar-refractivity contribution in [3.05, 3.63) is 98.4 Å². The minimum atomic E-state index is -0.578. The zero-order chi connectivity index (χ0) is 20.8. The number of hydrogen-bond acceptors (Lipinski definition) is 5. The summed E-state index contributed by atoms with van der Waals surface area (Å²) in [5.41, 5.74) is 1.11. The first-order valence-electron chi connectivity index (χ1n) is 8.46. The number of hydrogen-bond donors (Lipinski definition) is 0. The highest BCUT2D eigenvalue weighted by Gasteiger charge is 2.13. The van der Waals surface area contributed by atoms with Gasteiger partial charge in [0.05, 0.1) is 11.1 Å². The quantitative estimate of drug-likeness (QED) is 0.246. The van der Waals surface area contributed by atoms with Crippen LogP contribution in [0.15, 0.2) is 81.7 Å². The standard InChI is InChI=1S/C22H14Br2O5/c23-17-7-1-15(2-8-17)21(26)28-13-20(25)14-5-11-19(12-6-14)29-22(27)16-3-9-18(24)10-4-16/h1-12H,13H2. The Kier molecular flexibility index (Phi) is 6.95. The van der Waals surface area contributed by atoms with Gasteiger partial charge in [-0.3, -0.25) is 4.79 Å². The third-order valence-corrected chi connectivity index (χ3v) is 4.94. The number of esters is 2. The van der Waals surface area contributed by atoms with Crippen molar-refractivity contribution in [2.24, 2.45) is 0 Å².